The number of hydrogen-bond donors (Lipinski definition) is 1. The number of halogens is 2. The van der Waals surface area contributed by atoms with Gasteiger partial charge >= 0.3 is 0 Å². The number of rotatable bonds is 9. The van der Waals surface area contributed by atoms with Gasteiger partial charge in [-0.1, -0.05) is 88.9 Å². The summed E-state index contributed by atoms with van der Waals surface area (Å²) >= 11 is 12.6. The molecule has 0 aliphatic carbocycles. The summed E-state index contributed by atoms with van der Waals surface area (Å²) < 4.78 is 0. The Balaban J connectivity index is 2.02. The summed E-state index contributed by atoms with van der Waals surface area (Å²) in [4.78, 5) is 28.9. The molecule has 2 amide bonds. The molecule has 3 aromatic carbocycles. The van der Waals surface area contributed by atoms with Crippen molar-refractivity contribution in [1.29, 1.82) is 0 Å². The number of hydrogen-bond acceptors (Lipinski definition) is 2. The zero-order chi connectivity index (χ0) is 25.5. The van der Waals surface area contributed by atoms with E-state index in [0.717, 1.165) is 27.8 Å². The molecule has 0 radical (unpaired) electrons. The van der Waals surface area contributed by atoms with Gasteiger partial charge in [-0.2, -0.15) is 0 Å². The molecule has 4 nitrogen and oxygen atoms in total. The van der Waals surface area contributed by atoms with E-state index in [-0.39, 0.29) is 30.8 Å². The van der Waals surface area contributed by atoms with E-state index in [1.807, 2.05) is 76.2 Å². The van der Waals surface area contributed by atoms with E-state index in [2.05, 4.69) is 11.4 Å². The Morgan fingerprint density at radius 1 is 0.886 bits per heavy atom. The Bertz CT molecular complexity index is 1160. The Labute approximate surface area is 218 Å². The molecule has 0 aliphatic heterocycles. The van der Waals surface area contributed by atoms with Gasteiger partial charge in [0.25, 0.3) is 0 Å². The SMILES string of the molecule is Cc1cc(C)cc(CC(=O)N(Cc2ccc(Cl)cc2Cl)[C@H](Cc2ccccc2)C(=O)NC(C)C)c1. The molecule has 3 aromatic rings. The van der Waals surface area contributed by atoms with Crippen molar-refractivity contribution in [1.82, 2.24) is 10.2 Å². The van der Waals surface area contributed by atoms with E-state index in [1.54, 1.807) is 17.0 Å². The van der Waals surface area contributed by atoms with Crippen molar-refractivity contribution in [2.45, 2.75) is 59.2 Å². The van der Waals surface area contributed by atoms with E-state index in [9.17, 15) is 9.59 Å². The third kappa shape index (κ3) is 7.84. The first-order valence-electron chi connectivity index (χ1n) is 11.8. The maximum Gasteiger partial charge on any atom is 0.243 e. The smallest absolute Gasteiger partial charge is 0.243 e. The predicted octanol–water partition coefficient (Wildman–Crippen LogP) is 6.32. The lowest BCUT2D eigenvalue weighted by Crippen LogP contribution is -2.52. The summed E-state index contributed by atoms with van der Waals surface area (Å²) in [5.41, 5.74) is 4.82. The molecule has 184 valence electrons. The van der Waals surface area contributed by atoms with Gasteiger partial charge in [-0.25, -0.2) is 0 Å². The molecule has 0 saturated carbocycles. The van der Waals surface area contributed by atoms with Crippen LogP contribution in [-0.2, 0) is 29.0 Å². The van der Waals surface area contributed by atoms with Crippen LogP contribution in [0.15, 0.2) is 66.7 Å². The van der Waals surface area contributed by atoms with E-state index in [4.69, 9.17) is 23.2 Å². The van der Waals surface area contributed by atoms with Gasteiger partial charge in [0.15, 0.2) is 0 Å². The standard InChI is InChI=1S/C29H32Cl2N2O2/c1-19(2)32-29(35)27(15-22-8-6-5-7-9-22)33(18-24-10-11-25(30)17-26(24)31)28(34)16-23-13-20(3)12-21(4)14-23/h5-14,17,19,27H,15-16,18H2,1-4H3,(H,32,35)/t27-/m1/s1. The summed E-state index contributed by atoms with van der Waals surface area (Å²) in [6.45, 7) is 8.05. The fourth-order valence-corrected chi connectivity index (χ4v) is 4.68. The largest absolute Gasteiger partial charge is 0.352 e. The predicted molar refractivity (Wildman–Crippen MR) is 144 cm³/mol. The third-order valence-corrected chi connectivity index (χ3v) is 6.28. The van der Waals surface area contributed by atoms with Gasteiger partial charge in [0.1, 0.15) is 6.04 Å². The Hall–Kier alpha value is -2.82. The van der Waals surface area contributed by atoms with Gasteiger partial charge in [0.2, 0.25) is 11.8 Å². The normalized spacial score (nSPS) is 11.9. The number of nitrogens with zero attached hydrogens (tertiary/aromatic N) is 1. The first-order chi connectivity index (χ1) is 16.6. The van der Waals surface area contributed by atoms with Crippen molar-refractivity contribution in [2.24, 2.45) is 0 Å². The minimum atomic E-state index is -0.704. The van der Waals surface area contributed by atoms with Crippen molar-refractivity contribution in [3.8, 4) is 0 Å². The highest BCUT2D eigenvalue weighted by Gasteiger charge is 2.31. The van der Waals surface area contributed by atoms with Gasteiger partial charge in [-0.15, -0.1) is 0 Å². The fraction of sp³-hybridized carbons (Fsp3) is 0.310. The van der Waals surface area contributed by atoms with Crippen LogP contribution in [0.3, 0.4) is 0 Å². The molecule has 0 unspecified atom stereocenters. The van der Waals surface area contributed by atoms with E-state index in [1.165, 1.54) is 0 Å². The first-order valence-corrected chi connectivity index (χ1v) is 12.5. The van der Waals surface area contributed by atoms with Gasteiger partial charge in [-0.3, -0.25) is 9.59 Å². The molecule has 0 saturated heterocycles. The molecule has 0 bridgehead atoms. The first kappa shape index (κ1) is 26.8. The van der Waals surface area contributed by atoms with Gasteiger partial charge in [0, 0.05) is 29.1 Å². The zero-order valence-corrected chi connectivity index (χ0v) is 22.2. The van der Waals surface area contributed by atoms with E-state index < -0.39 is 6.04 Å². The minimum absolute atomic E-state index is 0.0590. The molecular weight excluding hydrogens is 479 g/mol. The molecule has 1 atom stereocenters. The molecule has 0 fully saturated rings. The molecule has 1 N–H and O–H groups in total. The number of amides is 2. The third-order valence-electron chi connectivity index (χ3n) is 5.69. The summed E-state index contributed by atoms with van der Waals surface area (Å²) in [5, 5.41) is 3.98. The highest BCUT2D eigenvalue weighted by molar-refractivity contribution is 6.35. The zero-order valence-electron chi connectivity index (χ0n) is 20.6. The molecule has 35 heavy (non-hydrogen) atoms. The fourth-order valence-electron chi connectivity index (χ4n) is 4.22. The summed E-state index contributed by atoms with van der Waals surface area (Å²) in [6.07, 6.45) is 0.581. The highest BCUT2D eigenvalue weighted by Crippen LogP contribution is 2.25. The van der Waals surface area contributed by atoms with Crippen molar-refractivity contribution in [3.05, 3.63) is 105 Å². The second kappa shape index (κ2) is 12.2. The average Bonchev–Trinajstić information content (AvgIpc) is 2.77. The number of aryl methyl sites for hydroxylation is 2. The van der Waals surface area contributed by atoms with Gasteiger partial charge < -0.3 is 10.2 Å². The van der Waals surface area contributed by atoms with Crippen LogP contribution in [0, 0.1) is 13.8 Å². The molecule has 3 rings (SSSR count). The lowest BCUT2D eigenvalue weighted by molar-refractivity contribution is -0.141. The lowest BCUT2D eigenvalue weighted by atomic mass is 10.00. The lowest BCUT2D eigenvalue weighted by Gasteiger charge is -2.32. The van der Waals surface area contributed by atoms with Crippen LogP contribution < -0.4 is 5.32 Å². The maximum atomic E-state index is 13.8. The van der Waals surface area contributed by atoms with Crippen molar-refractivity contribution >= 4 is 35.0 Å². The second-order valence-electron chi connectivity index (χ2n) is 9.30. The minimum Gasteiger partial charge on any atom is -0.352 e. The monoisotopic (exact) mass is 510 g/mol. The van der Waals surface area contributed by atoms with Crippen LogP contribution in [0.5, 0.6) is 0 Å². The van der Waals surface area contributed by atoms with Crippen molar-refractivity contribution in [3.63, 3.8) is 0 Å². The highest BCUT2D eigenvalue weighted by atomic mass is 35.5. The van der Waals surface area contributed by atoms with Crippen LogP contribution in [0.25, 0.3) is 0 Å². The summed E-state index contributed by atoms with van der Waals surface area (Å²) in [7, 11) is 0. The van der Waals surface area contributed by atoms with Crippen molar-refractivity contribution < 1.29 is 9.59 Å². The van der Waals surface area contributed by atoms with E-state index in [0.29, 0.717) is 16.5 Å². The number of nitrogens with one attached hydrogen (secondary N) is 1. The molecule has 0 spiro atoms. The molecule has 6 heteroatoms. The Morgan fingerprint density at radius 2 is 1.54 bits per heavy atom. The quantitative estimate of drug-likeness (QED) is 0.366. The average molecular weight is 511 g/mol. The molecular formula is C29H32Cl2N2O2. The number of carbonyl (C=O) groups is 2. The number of carbonyl (C=O) groups excluding carboxylic acids is 2. The van der Waals surface area contributed by atoms with Crippen LogP contribution in [-0.4, -0.2) is 28.8 Å². The van der Waals surface area contributed by atoms with Crippen molar-refractivity contribution in [2.75, 3.05) is 0 Å². The van der Waals surface area contributed by atoms with Crippen LogP contribution in [0.4, 0.5) is 0 Å². The van der Waals surface area contributed by atoms with Gasteiger partial charge in [0.05, 0.1) is 6.42 Å². The Morgan fingerprint density at radius 3 is 2.14 bits per heavy atom. The summed E-state index contributed by atoms with van der Waals surface area (Å²) in [6, 6.07) is 20.3. The van der Waals surface area contributed by atoms with Crippen LogP contribution in [0.1, 0.15) is 41.7 Å². The van der Waals surface area contributed by atoms with Crippen LogP contribution >= 0.6 is 23.2 Å². The van der Waals surface area contributed by atoms with Gasteiger partial charge in [-0.05, 0) is 56.5 Å². The molecule has 0 aromatic heterocycles. The summed E-state index contributed by atoms with van der Waals surface area (Å²) in [5.74, 6) is -0.330. The maximum absolute atomic E-state index is 13.8. The topological polar surface area (TPSA) is 49.4 Å². The van der Waals surface area contributed by atoms with Crippen LogP contribution in [0.2, 0.25) is 10.0 Å². The molecule has 0 heterocycles. The van der Waals surface area contributed by atoms with E-state index >= 15 is 0 Å². The Kier molecular flexibility index (Phi) is 9.36. The number of benzene rings is 3. The second-order valence-corrected chi connectivity index (χ2v) is 10.1. The molecule has 0 aliphatic rings.